The molecule has 1 amide bonds. The number of aliphatic hydroxyl groups excluding tert-OH is 1. The number of allylic oxidation sites excluding steroid dienone is 2. The number of carbonyl (C=O) groups is 1. The van der Waals surface area contributed by atoms with E-state index in [1.165, 1.54) is 19.1 Å². The summed E-state index contributed by atoms with van der Waals surface area (Å²) in [4.78, 5) is 10.7. The molecule has 0 aliphatic heterocycles. The highest BCUT2D eigenvalue weighted by molar-refractivity contribution is 7.93. The third-order valence-electron chi connectivity index (χ3n) is 3.94. The lowest BCUT2D eigenvalue weighted by atomic mass is 10.1. The summed E-state index contributed by atoms with van der Waals surface area (Å²) < 4.78 is 25.4. The normalized spacial score (nSPS) is 22.8. The van der Waals surface area contributed by atoms with Crippen molar-refractivity contribution in [1.29, 1.82) is 0 Å². The number of benzene rings is 1. The highest BCUT2D eigenvalue weighted by Gasteiger charge is 2.46. The fourth-order valence-corrected chi connectivity index (χ4v) is 4.29. The van der Waals surface area contributed by atoms with Crippen LogP contribution in [0.3, 0.4) is 0 Å². The SMILES string of the molecule is CC(NC(=O)c1ccccc1)N[C@@]1(S(=O)(=O)C(C)O)C=CC=C(N)C1. The Bertz CT molecular complexity index is 787. The van der Waals surface area contributed by atoms with Gasteiger partial charge in [0.25, 0.3) is 5.91 Å². The molecule has 7 nitrogen and oxygen atoms in total. The van der Waals surface area contributed by atoms with Gasteiger partial charge in [0.2, 0.25) is 0 Å². The highest BCUT2D eigenvalue weighted by Crippen LogP contribution is 2.30. The molecule has 1 aliphatic rings. The highest BCUT2D eigenvalue weighted by atomic mass is 32.2. The number of nitrogens with two attached hydrogens (primary N) is 1. The largest absolute Gasteiger partial charge is 0.402 e. The van der Waals surface area contributed by atoms with Crippen LogP contribution in [0, 0.1) is 0 Å². The van der Waals surface area contributed by atoms with Crippen molar-refractivity contribution in [3.8, 4) is 0 Å². The van der Waals surface area contributed by atoms with E-state index in [9.17, 15) is 18.3 Å². The maximum atomic E-state index is 12.7. The molecule has 25 heavy (non-hydrogen) atoms. The van der Waals surface area contributed by atoms with Gasteiger partial charge in [0, 0.05) is 17.7 Å². The number of sulfone groups is 1. The quantitative estimate of drug-likeness (QED) is 0.548. The van der Waals surface area contributed by atoms with E-state index in [1.54, 1.807) is 43.3 Å². The average Bonchev–Trinajstić information content (AvgIpc) is 2.55. The summed E-state index contributed by atoms with van der Waals surface area (Å²) in [7, 11) is -4.00. The van der Waals surface area contributed by atoms with Crippen LogP contribution in [0.25, 0.3) is 0 Å². The zero-order valence-electron chi connectivity index (χ0n) is 14.1. The zero-order valence-corrected chi connectivity index (χ0v) is 15.0. The second-order valence-corrected chi connectivity index (χ2v) is 8.52. The van der Waals surface area contributed by atoms with Crippen molar-refractivity contribution in [1.82, 2.24) is 10.6 Å². The molecule has 8 heteroatoms. The van der Waals surface area contributed by atoms with Gasteiger partial charge in [-0.25, -0.2) is 8.42 Å². The van der Waals surface area contributed by atoms with E-state index in [0.29, 0.717) is 11.3 Å². The van der Waals surface area contributed by atoms with Gasteiger partial charge in [-0.1, -0.05) is 24.3 Å². The molecule has 0 saturated heterocycles. The van der Waals surface area contributed by atoms with Gasteiger partial charge in [-0.2, -0.15) is 0 Å². The van der Waals surface area contributed by atoms with Crippen LogP contribution in [0.2, 0.25) is 0 Å². The van der Waals surface area contributed by atoms with Crippen LogP contribution < -0.4 is 16.4 Å². The first-order valence-electron chi connectivity index (χ1n) is 7.87. The predicted octanol–water partition coefficient (Wildman–Crippen LogP) is 0.604. The fourth-order valence-electron chi connectivity index (χ4n) is 2.70. The minimum Gasteiger partial charge on any atom is -0.402 e. The van der Waals surface area contributed by atoms with Crippen LogP contribution >= 0.6 is 0 Å². The molecule has 5 N–H and O–H groups in total. The summed E-state index contributed by atoms with van der Waals surface area (Å²) in [5, 5.41) is 15.3. The van der Waals surface area contributed by atoms with Gasteiger partial charge in [0.15, 0.2) is 15.3 Å². The van der Waals surface area contributed by atoms with Gasteiger partial charge in [0.05, 0.1) is 6.17 Å². The Morgan fingerprint density at radius 1 is 1.28 bits per heavy atom. The number of nitrogens with one attached hydrogen (secondary N) is 2. The maximum Gasteiger partial charge on any atom is 0.252 e. The van der Waals surface area contributed by atoms with Crippen molar-refractivity contribution in [2.45, 2.75) is 36.7 Å². The van der Waals surface area contributed by atoms with Gasteiger partial charge in [-0.05, 0) is 38.1 Å². The number of aliphatic hydroxyl groups is 1. The molecule has 2 unspecified atom stereocenters. The standard InChI is InChI=1S/C17H23N3O4S/c1-12(19-16(22)14-7-4-3-5-8-14)20-17(25(23,24)13(2)21)10-6-9-15(18)11-17/h3-10,12-13,20-21H,11,18H2,1-2H3,(H,19,22)/t12?,13?,17-/m1/s1. The fraction of sp³-hybridized carbons (Fsp3) is 0.353. The van der Waals surface area contributed by atoms with Crippen molar-refractivity contribution < 1.29 is 18.3 Å². The van der Waals surface area contributed by atoms with Crippen LogP contribution in [0.4, 0.5) is 0 Å². The molecule has 136 valence electrons. The summed E-state index contributed by atoms with van der Waals surface area (Å²) in [6.45, 7) is 2.82. The average molecular weight is 365 g/mol. The van der Waals surface area contributed by atoms with Crippen LogP contribution in [-0.2, 0) is 9.84 Å². The molecule has 3 atom stereocenters. The van der Waals surface area contributed by atoms with E-state index in [1.807, 2.05) is 0 Å². The Labute approximate surface area is 147 Å². The predicted molar refractivity (Wildman–Crippen MR) is 95.9 cm³/mol. The summed E-state index contributed by atoms with van der Waals surface area (Å²) in [6, 6.07) is 8.59. The Kier molecular flexibility index (Phi) is 5.66. The van der Waals surface area contributed by atoms with E-state index in [2.05, 4.69) is 10.6 Å². The Hall–Kier alpha value is -2.16. The minimum atomic E-state index is -4.00. The topological polar surface area (TPSA) is 122 Å². The second kappa shape index (κ2) is 7.38. The molecular formula is C17H23N3O4S. The molecule has 0 spiro atoms. The third-order valence-corrected chi connectivity index (χ3v) is 6.26. The lowest BCUT2D eigenvalue weighted by molar-refractivity contribution is 0.0930. The van der Waals surface area contributed by atoms with Crippen molar-refractivity contribution in [3.63, 3.8) is 0 Å². The number of hydrogen-bond acceptors (Lipinski definition) is 6. The van der Waals surface area contributed by atoms with Gasteiger partial charge in [-0.3, -0.25) is 10.1 Å². The molecule has 0 bridgehead atoms. The number of amides is 1. The molecule has 2 rings (SSSR count). The van der Waals surface area contributed by atoms with Gasteiger partial charge >= 0.3 is 0 Å². The van der Waals surface area contributed by atoms with Crippen LogP contribution in [0.1, 0.15) is 30.6 Å². The van der Waals surface area contributed by atoms with Crippen LogP contribution in [0.15, 0.2) is 54.3 Å². The van der Waals surface area contributed by atoms with Gasteiger partial charge in [-0.15, -0.1) is 0 Å². The smallest absolute Gasteiger partial charge is 0.252 e. The van der Waals surface area contributed by atoms with Crippen LogP contribution in [-0.4, -0.2) is 35.9 Å². The molecule has 1 aromatic rings. The first-order chi connectivity index (χ1) is 11.7. The molecule has 0 heterocycles. The molecule has 0 aromatic heterocycles. The zero-order chi connectivity index (χ0) is 18.7. The molecule has 0 saturated carbocycles. The van der Waals surface area contributed by atoms with E-state index < -0.39 is 26.3 Å². The summed E-state index contributed by atoms with van der Waals surface area (Å²) in [6.07, 6.45) is 3.86. The minimum absolute atomic E-state index is 0.0255. The summed E-state index contributed by atoms with van der Waals surface area (Å²) in [5.74, 6) is -0.339. The van der Waals surface area contributed by atoms with Gasteiger partial charge < -0.3 is 16.2 Å². The third kappa shape index (κ3) is 4.09. The first-order valence-corrected chi connectivity index (χ1v) is 9.41. The van der Waals surface area contributed by atoms with Crippen LogP contribution in [0.5, 0.6) is 0 Å². The first kappa shape index (κ1) is 19.2. The van der Waals surface area contributed by atoms with Crippen molar-refractivity contribution in [2.24, 2.45) is 5.73 Å². The van der Waals surface area contributed by atoms with Crippen molar-refractivity contribution >= 4 is 15.7 Å². The summed E-state index contributed by atoms with van der Waals surface area (Å²) in [5.41, 5.74) is 5.04. The van der Waals surface area contributed by atoms with Crippen molar-refractivity contribution in [2.75, 3.05) is 0 Å². The maximum absolute atomic E-state index is 12.7. The molecule has 0 fully saturated rings. The molecule has 1 aromatic carbocycles. The van der Waals surface area contributed by atoms with E-state index >= 15 is 0 Å². The molecule has 1 aliphatic carbocycles. The summed E-state index contributed by atoms with van der Waals surface area (Å²) >= 11 is 0. The van der Waals surface area contributed by atoms with E-state index in [4.69, 9.17) is 5.73 Å². The second-order valence-electron chi connectivity index (χ2n) is 6.02. The monoisotopic (exact) mass is 365 g/mol. The number of carbonyl (C=O) groups excluding carboxylic acids is 1. The number of rotatable bonds is 6. The lowest BCUT2D eigenvalue weighted by Gasteiger charge is -2.37. The van der Waals surface area contributed by atoms with E-state index in [-0.39, 0.29) is 12.3 Å². The Morgan fingerprint density at radius 2 is 1.92 bits per heavy atom. The van der Waals surface area contributed by atoms with E-state index in [0.717, 1.165) is 0 Å². The Balaban J connectivity index is 2.22. The number of hydrogen-bond donors (Lipinski definition) is 4. The Morgan fingerprint density at radius 3 is 2.48 bits per heavy atom. The van der Waals surface area contributed by atoms with Crippen molar-refractivity contribution in [3.05, 3.63) is 59.8 Å². The van der Waals surface area contributed by atoms with Gasteiger partial charge in [0.1, 0.15) is 4.87 Å². The molecule has 0 radical (unpaired) electrons. The lowest BCUT2D eigenvalue weighted by Crippen LogP contribution is -2.61. The molecular weight excluding hydrogens is 342 g/mol.